The van der Waals surface area contributed by atoms with Crippen LogP contribution in [0, 0.1) is 0 Å². The van der Waals surface area contributed by atoms with Gasteiger partial charge in [0.25, 0.3) is 0 Å². The molecule has 0 atom stereocenters. The van der Waals surface area contributed by atoms with Crippen molar-refractivity contribution in [3.63, 3.8) is 0 Å². The van der Waals surface area contributed by atoms with Crippen molar-refractivity contribution in [1.29, 1.82) is 0 Å². The van der Waals surface area contributed by atoms with Crippen molar-refractivity contribution < 1.29 is 9.15 Å². The standard InChI is InChI=1S/C16H23NO2/c1-5-7-12-13-8-11(6-2)9-14(18-4)16(13)19-15(12)10-17-3/h8-9,17H,5-7,10H2,1-4H3. The lowest BCUT2D eigenvalue weighted by Gasteiger charge is -2.04. The Morgan fingerprint density at radius 3 is 2.63 bits per heavy atom. The minimum atomic E-state index is 0.759. The SMILES string of the molecule is CCCc1c(CNC)oc2c(OC)cc(CC)cc12. The molecule has 2 aromatic rings. The molecule has 1 heterocycles. The minimum absolute atomic E-state index is 0.759. The number of fused-ring (bicyclic) bond motifs is 1. The van der Waals surface area contributed by atoms with Crippen LogP contribution in [0.3, 0.4) is 0 Å². The molecule has 1 N–H and O–H groups in total. The van der Waals surface area contributed by atoms with Crippen molar-refractivity contribution in [2.24, 2.45) is 0 Å². The zero-order chi connectivity index (χ0) is 13.8. The molecule has 19 heavy (non-hydrogen) atoms. The lowest BCUT2D eigenvalue weighted by Crippen LogP contribution is -2.05. The fraction of sp³-hybridized carbons (Fsp3) is 0.500. The van der Waals surface area contributed by atoms with E-state index >= 15 is 0 Å². The van der Waals surface area contributed by atoms with Gasteiger partial charge in [0, 0.05) is 10.9 Å². The van der Waals surface area contributed by atoms with E-state index in [4.69, 9.17) is 9.15 Å². The fourth-order valence-corrected chi connectivity index (χ4v) is 2.51. The molecule has 0 radical (unpaired) electrons. The molecule has 0 amide bonds. The number of hydrogen-bond acceptors (Lipinski definition) is 3. The van der Waals surface area contributed by atoms with Gasteiger partial charge in [0.2, 0.25) is 0 Å². The summed E-state index contributed by atoms with van der Waals surface area (Å²) in [4.78, 5) is 0. The van der Waals surface area contributed by atoms with Gasteiger partial charge in [-0.25, -0.2) is 0 Å². The molecule has 0 spiro atoms. The van der Waals surface area contributed by atoms with E-state index in [0.717, 1.165) is 42.9 Å². The fourth-order valence-electron chi connectivity index (χ4n) is 2.51. The normalized spacial score (nSPS) is 11.2. The topological polar surface area (TPSA) is 34.4 Å². The van der Waals surface area contributed by atoms with E-state index in [9.17, 15) is 0 Å². The molecule has 0 aliphatic rings. The zero-order valence-electron chi connectivity index (χ0n) is 12.3. The Labute approximate surface area is 114 Å². The summed E-state index contributed by atoms with van der Waals surface area (Å²) < 4.78 is 11.5. The first-order valence-corrected chi connectivity index (χ1v) is 7.00. The number of nitrogens with one attached hydrogen (secondary N) is 1. The van der Waals surface area contributed by atoms with Crippen LogP contribution in [0.5, 0.6) is 5.75 Å². The Morgan fingerprint density at radius 1 is 1.26 bits per heavy atom. The van der Waals surface area contributed by atoms with Crippen LogP contribution in [0.2, 0.25) is 0 Å². The van der Waals surface area contributed by atoms with Crippen LogP contribution in [0.1, 0.15) is 37.2 Å². The van der Waals surface area contributed by atoms with Gasteiger partial charge < -0.3 is 14.5 Å². The van der Waals surface area contributed by atoms with Crippen molar-refractivity contribution in [2.75, 3.05) is 14.2 Å². The molecule has 104 valence electrons. The summed E-state index contributed by atoms with van der Waals surface area (Å²) in [5.41, 5.74) is 3.49. The van der Waals surface area contributed by atoms with Gasteiger partial charge >= 0.3 is 0 Å². The first-order chi connectivity index (χ1) is 9.24. The highest BCUT2D eigenvalue weighted by Gasteiger charge is 2.17. The quantitative estimate of drug-likeness (QED) is 0.861. The third-order valence-electron chi connectivity index (χ3n) is 3.47. The average Bonchev–Trinajstić information content (AvgIpc) is 2.77. The molecule has 0 saturated carbocycles. The Balaban J connectivity index is 2.67. The molecular weight excluding hydrogens is 238 g/mol. The Kier molecular flexibility index (Phi) is 4.48. The van der Waals surface area contributed by atoms with Crippen LogP contribution in [0.15, 0.2) is 16.5 Å². The van der Waals surface area contributed by atoms with E-state index in [0.29, 0.717) is 0 Å². The number of methoxy groups -OCH3 is 1. The maximum absolute atomic E-state index is 6.03. The second-order valence-electron chi connectivity index (χ2n) is 4.81. The minimum Gasteiger partial charge on any atom is -0.493 e. The van der Waals surface area contributed by atoms with E-state index in [2.05, 4.69) is 31.3 Å². The van der Waals surface area contributed by atoms with Gasteiger partial charge in [0.15, 0.2) is 11.3 Å². The van der Waals surface area contributed by atoms with Crippen molar-refractivity contribution >= 4 is 11.0 Å². The predicted molar refractivity (Wildman–Crippen MR) is 78.9 cm³/mol. The summed E-state index contributed by atoms with van der Waals surface area (Å²) in [7, 11) is 3.64. The maximum Gasteiger partial charge on any atom is 0.176 e. The molecule has 0 fully saturated rings. The van der Waals surface area contributed by atoms with E-state index in [-0.39, 0.29) is 0 Å². The largest absolute Gasteiger partial charge is 0.493 e. The lowest BCUT2D eigenvalue weighted by atomic mass is 10.0. The van der Waals surface area contributed by atoms with E-state index in [1.165, 1.54) is 16.5 Å². The summed E-state index contributed by atoms with van der Waals surface area (Å²) >= 11 is 0. The average molecular weight is 261 g/mol. The van der Waals surface area contributed by atoms with Crippen LogP contribution in [0.25, 0.3) is 11.0 Å². The van der Waals surface area contributed by atoms with Crippen molar-refractivity contribution in [2.45, 2.75) is 39.7 Å². The summed E-state index contributed by atoms with van der Waals surface area (Å²) in [6.45, 7) is 5.12. The number of ether oxygens (including phenoxy) is 1. The van der Waals surface area contributed by atoms with Crippen molar-refractivity contribution in [3.05, 3.63) is 29.0 Å². The second-order valence-corrected chi connectivity index (χ2v) is 4.81. The number of rotatable bonds is 6. The summed E-state index contributed by atoms with van der Waals surface area (Å²) in [6, 6.07) is 4.32. The number of furan rings is 1. The highest BCUT2D eigenvalue weighted by molar-refractivity contribution is 5.88. The van der Waals surface area contributed by atoms with Gasteiger partial charge in [-0.05, 0) is 37.6 Å². The van der Waals surface area contributed by atoms with Gasteiger partial charge in [-0.3, -0.25) is 0 Å². The first-order valence-electron chi connectivity index (χ1n) is 7.00. The van der Waals surface area contributed by atoms with Crippen LogP contribution in [-0.4, -0.2) is 14.2 Å². The molecule has 2 rings (SSSR count). The van der Waals surface area contributed by atoms with E-state index < -0.39 is 0 Å². The Bertz CT molecular complexity index is 557. The highest BCUT2D eigenvalue weighted by atomic mass is 16.5. The second kappa shape index (κ2) is 6.11. The highest BCUT2D eigenvalue weighted by Crippen LogP contribution is 2.35. The third kappa shape index (κ3) is 2.61. The van der Waals surface area contributed by atoms with Crippen LogP contribution < -0.4 is 10.1 Å². The van der Waals surface area contributed by atoms with Gasteiger partial charge in [-0.1, -0.05) is 20.3 Å². The summed E-state index contributed by atoms with van der Waals surface area (Å²) in [6.07, 6.45) is 3.16. The lowest BCUT2D eigenvalue weighted by molar-refractivity contribution is 0.406. The zero-order valence-corrected chi connectivity index (χ0v) is 12.3. The molecule has 0 aliphatic carbocycles. The molecular formula is C16H23NO2. The summed E-state index contributed by atoms with van der Waals surface area (Å²) in [5, 5.41) is 4.39. The molecule has 1 aromatic carbocycles. The van der Waals surface area contributed by atoms with Crippen molar-refractivity contribution in [1.82, 2.24) is 5.32 Å². The van der Waals surface area contributed by atoms with Crippen LogP contribution in [-0.2, 0) is 19.4 Å². The predicted octanol–water partition coefficient (Wildman–Crippen LogP) is 3.68. The maximum atomic E-state index is 6.03. The van der Waals surface area contributed by atoms with E-state index in [1.54, 1.807) is 7.11 Å². The molecule has 1 aromatic heterocycles. The third-order valence-corrected chi connectivity index (χ3v) is 3.47. The van der Waals surface area contributed by atoms with Gasteiger partial charge in [-0.2, -0.15) is 0 Å². The molecule has 0 unspecified atom stereocenters. The Morgan fingerprint density at radius 2 is 2.05 bits per heavy atom. The van der Waals surface area contributed by atoms with E-state index in [1.807, 2.05) is 7.05 Å². The number of hydrogen-bond donors (Lipinski definition) is 1. The Hall–Kier alpha value is -1.48. The summed E-state index contributed by atoms with van der Waals surface area (Å²) in [5.74, 6) is 1.87. The number of benzene rings is 1. The molecule has 0 aliphatic heterocycles. The molecule has 0 bridgehead atoms. The van der Waals surface area contributed by atoms with Crippen LogP contribution in [0.4, 0.5) is 0 Å². The van der Waals surface area contributed by atoms with Crippen molar-refractivity contribution in [3.8, 4) is 5.75 Å². The van der Waals surface area contributed by atoms with Gasteiger partial charge in [0.1, 0.15) is 5.76 Å². The monoisotopic (exact) mass is 261 g/mol. The molecule has 3 nitrogen and oxygen atoms in total. The van der Waals surface area contributed by atoms with Crippen LogP contribution >= 0.6 is 0 Å². The molecule has 0 saturated heterocycles. The number of aryl methyl sites for hydroxylation is 2. The molecule has 3 heteroatoms. The van der Waals surface area contributed by atoms with Gasteiger partial charge in [0.05, 0.1) is 13.7 Å². The van der Waals surface area contributed by atoms with Gasteiger partial charge in [-0.15, -0.1) is 0 Å². The smallest absolute Gasteiger partial charge is 0.176 e. The first kappa shape index (κ1) is 13.9.